The van der Waals surface area contributed by atoms with Gasteiger partial charge in [0.15, 0.2) is 5.78 Å². The van der Waals surface area contributed by atoms with Crippen LogP contribution >= 0.6 is 0 Å². The van der Waals surface area contributed by atoms with Crippen LogP contribution in [0, 0.1) is 5.41 Å². The van der Waals surface area contributed by atoms with E-state index in [1.807, 2.05) is 32.0 Å². The number of piperidine rings is 1. The predicted octanol–water partition coefficient (Wildman–Crippen LogP) is 4.15. The molecule has 4 nitrogen and oxygen atoms in total. The van der Waals surface area contributed by atoms with Gasteiger partial charge in [-0.3, -0.25) is 9.69 Å². The maximum Gasteiger partial charge on any atom is 0.173 e. The molecular weight excluding hydrogens is 326 g/mol. The van der Waals surface area contributed by atoms with Gasteiger partial charge >= 0.3 is 0 Å². The van der Waals surface area contributed by atoms with Gasteiger partial charge in [-0.1, -0.05) is 44.2 Å². The molecule has 4 heteroatoms. The highest BCUT2D eigenvalue weighted by atomic mass is 16.3. The van der Waals surface area contributed by atoms with Gasteiger partial charge < -0.3 is 10.2 Å². The lowest BCUT2D eigenvalue weighted by molar-refractivity contribution is 0.0621. The number of hydrogen-bond acceptors (Lipinski definition) is 4. The normalized spacial score (nSPS) is 18.3. The summed E-state index contributed by atoms with van der Waals surface area (Å²) in [6.07, 6.45) is 2.08. The van der Waals surface area contributed by atoms with Crippen molar-refractivity contribution >= 4 is 5.78 Å². The Morgan fingerprint density at radius 3 is 2.19 bits per heavy atom. The van der Waals surface area contributed by atoms with Crippen molar-refractivity contribution in [2.75, 3.05) is 13.1 Å². The number of aromatic hydroxyl groups is 2. The molecule has 0 atom stereocenters. The summed E-state index contributed by atoms with van der Waals surface area (Å²) in [5.41, 5.74) is 1.79. The van der Waals surface area contributed by atoms with Gasteiger partial charge in [0.05, 0.1) is 5.56 Å². The average Bonchev–Trinajstić information content (AvgIpc) is 2.97. The Balaban J connectivity index is 0.000000948. The van der Waals surface area contributed by atoms with Crippen LogP contribution in [0.3, 0.4) is 0 Å². The van der Waals surface area contributed by atoms with E-state index in [2.05, 4.69) is 17.0 Å². The van der Waals surface area contributed by atoms with Gasteiger partial charge in [0, 0.05) is 17.5 Å². The van der Waals surface area contributed by atoms with E-state index in [1.165, 1.54) is 17.7 Å². The number of nitrogens with zero attached hydrogens (tertiary/aromatic N) is 1. The van der Waals surface area contributed by atoms with Crippen LogP contribution < -0.4 is 0 Å². The molecule has 1 spiro atoms. The number of Topliss-reactive ketones (excluding diaryl/α,β-unsaturated/α-hetero) is 1. The Bertz CT molecular complexity index is 777. The molecule has 2 aromatic rings. The molecule has 1 fully saturated rings. The van der Waals surface area contributed by atoms with Crippen molar-refractivity contribution in [2.45, 2.75) is 39.7 Å². The summed E-state index contributed by atoms with van der Waals surface area (Å²) in [4.78, 5) is 15.3. The molecule has 26 heavy (non-hydrogen) atoms. The smallest absolute Gasteiger partial charge is 0.173 e. The molecule has 0 aromatic heterocycles. The summed E-state index contributed by atoms with van der Waals surface area (Å²) in [7, 11) is 0. The number of phenols is 2. The Hall–Kier alpha value is -2.33. The summed E-state index contributed by atoms with van der Waals surface area (Å²) in [6, 6.07) is 13.2. The third-order valence-corrected chi connectivity index (χ3v) is 5.55. The molecule has 1 aliphatic carbocycles. The van der Waals surface area contributed by atoms with Crippen molar-refractivity contribution in [1.29, 1.82) is 0 Å². The van der Waals surface area contributed by atoms with Crippen LogP contribution in [0.1, 0.15) is 48.2 Å². The fourth-order valence-electron chi connectivity index (χ4n) is 4.13. The van der Waals surface area contributed by atoms with Crippen LogP contribution in [0.25, 0.3) is 0 Å². The topological polar surface area (TPSA) is 60.8 Å². The first-order valence-corrected chi connectivity index (χ1v) is 9.44. The van der Waals surface area contributed by atoms with Crippen LogP contribution in [0.5, 0.6) is 11.5 Å². The quantitative estimate of drug-likeness (QED) is 0.797. The fourth-order valence-corrected chi connectivity index (χ4v) is 4.13. The lowest BCUT2D eigenvalue weighted by Gasteiger charge is -2.38. The van der Waals surface area contributed by atoms with Gasteiger partial charge in [0.1, 0.15) is 11.5 Å². The molecule has 2 aliphatic rings. The lowest BCUT2D eigenvalue weighted by atomic mass is 9.75. The summed E-state index contributed by atoms with van der Waals surface area (Å²) < 4.78 is 0. The number of fused-ring (bicyclic) bond motifs is 1. The molecule has 2 aromatic carbocycles. The van der Waals surface area contributed by atoms with Crippen molar-refractivity contribution < 1.29 is 15.0 Å². The maximum atomic E-state index is 12.9. The first-order valence-electron chi connectivity index (χ1n) is 9.44. The molecule has 138 valence electrons. The van der Waals surface area contributed by atoms with Crippen molar-refractivity contribution in [3.8, 4) is 11.5 Å². The van der Waals surface area contributed by atoms with Gasteiger partial charge in [-0.15, -0.1) is 0 Å². The SMILES string of the molecule is CC.O=C1c2c(O)ccc(O)c2CC12CCN(Cc1ccccc1)CC2. The number of phenolic OH excluding ortho intramolecular Hbond substituents is 2. The monoisotopic (exact) mass is 353 g/mol. The predicted molar refractivity (Wildman–Crippen MR) is 103 cm³/mol. The van der Waals surface area contributed by atoms with Crippen molar-refractivity contribution in [3.63, 3.8) is 0 Å². The Kier molecular flexibility index (Phi) is 5.33. The highest BCUT2D eigenvalue weighted by molar-refractivity contribution is 6.07. The minimum absolute atomic E-state index is 0.00334. The molecular formula is C22H27NO3. The summed E-state index contributed by atoms with van der Waals surface area (Å²) >= 11 is 0. The lowest BCUT2D eigenvalue weighted by Crippen LogP contribution is -2.42. The standard InChI is InChI=1S/C20H21NO3.C2H6/c22-16-6-7-17(23)18-15(16)12-20(19(18)24)8-10-21(11-9-20)13-14-4-2-1-3-5-14;1-2/h1-7,22-23H,8-13H2;1-2H3. The second-order valence-electron chi connectivity index (χ2n) is 7.01. The first-order chi connectivity index (χ1) is 12.6. The number of benzene rings is 2. The van der Waals surface area contributed by atoms with Gasteiger partial charge in [-0.2, -0.15) is 0 Å². The molecule has 1 saturated heterocycles. The number of rotatable bonds is 2. The Morgan fingerprint density at radius 2 is 1.58 bits per heavy atom. The molecule has 0 saturated carbocycles. The molecule has 1 aliphatic heterocycles. The molecule has 0 amide bonds. The van der Waals surface area contributed by atoms with E-state index < -0.39 is 5.41 Å². The molecule has 2 N–H and O–H groups in total. The first kappa shape index (κ1) is 18.5. The van der Waals surface area contributed by atoms with Gasteiger partial charge in [0.2, 0.25) is 0 Å². The van der Waals surface area contributed by atoms with Gasteiger partial charge in [-0.25, -0.2) is 0 Å². The Morgan fingerprint density at radius 1 is 0.962 bits per heavy atom. The van der Waals surface area contributed by atoms with Crippen molar-refractivity contribution in [3.05, 3.63) is 59.2 Å². The van der Waals surface area contributed by atoms with Crippen LogP contribution in [0.4, 0.5) is 0 Å². The number of ketones is 1. The van der Waals surface area contributed by atoms with E-state index in [9.17, 15) is 15.0 Å². The third kappa shape index (κ3) is 3.21. The second-order valence-corrected chi connectivity index (χ2v) is 7.01. The van der Waals surface area contributed by atoms with E-state index in [0.29, 0.717) is 17.5 Å². The van der Waals surface area contributed by atoms with E-state index in [1.54, 1.807) is 0 Å². The van der Waals surface area contributed by atoms with Crippen LogP contribution in [-0.4, -0.2) is 34.0 Å². The van der Waals surface area contributed by atoms with Crippen LogP contribution in [0.15, 0.2) is 42.5 Å². The van der Waals surface area contributed by atoms with E-state index in [-0.39, 0.29) is 17.3 Å². The Labute approximate surface area is 155 Å². The largest absolute Gasteiger partial charge is 0.508 e. The summed E-state index contributed by atoms with van der Waals surface area (Å²) in [5, 5.41) is 20.1. The zero-order chi connectivity index (χ0) is 18.7. The molecule has 4 rings (SSSR count). The minimum Gasteiger partial charge on any atom is -0.508 e. The highest BCUT2D eigenvalue weighted by Crippen LogP contribution is 2.49. The molecule has 0 bridgehead atoms. The van der Waals surface area contributed by atoms with Gasteiger partial charge in [-0.05, 0) is 50.0 Å². The van der Waals surface area contributed by atoms with Crippen molar-refractivity contribution in [2.24, 2.45) is 5.41 Å². The number of carbonyl (C=O) groups is 1. The van der Waals surface area contributed by atoms with Crippen LogP contribution in [-0.2, 0) is 13.0 Å². The number of carbonyl (C=O) groups excluding carboxylic acids is 1. The summed E-state index contributed by atoms with van der Waals surface area (Å²) in [5.74, 6) is 0.126. The van der Waals surface area contributed by atoms with Crippen molar-refractivity contribution in [1.82, 2.24) is 4.90 Å². The van der Waals surface area contributed by atoms with Gasteiger partial charge in [0.25, 0.3) is 0 Å². The number of hydrogen-bond donors (Lipinski definition) is 2. The molecule has 1 heterocycles. The summed E-state index contributed by atoms with van der Waals surface area (Å²) in [6.45, 7) is 6.61. The average molecular weight is 353 g/mol. The van der Waals surface area contributed by atoms with E-state index >= 15 is 0 Å². The zero-order valence-corrected chi connectivity index (χ0v) is 15.5. The minimum atomic E-state index is -0.453. The van der Waals surface area contributed by atoms with E-state index in [0.717, 1.165) is 32.5 Å². The zero-order valence-electron chi connectivity index (χ0n) is 15.5. The fraction of sp³-hybridized carbons (Fsp3) is 0.409. The molecule has 0 radical (unpaired) electrons. The number of likely N-dealkylation sites (tertiary alicyclic amines) is 1. The maximum absolute atomic E-state index is 12.9. The van der Waals surface area contributed by atoms with Crippen LogP contribution in [0.2, 0.25) is 0 Å². The van der Waals surface area contributed by atoms with E-state index in [4.69, 9.17) is 0 Å². The highest BCUT2D eigenvalue weighted by Gasteiger charge is 2.49. The molecule has 0 unspecified atom stereocenters. The second kappa shape index (κ2) is 7.50. The third-order valence-electron chi connectivity index (χ3n) is 5.55.